The first-order valence-corrected chi connectivity index (χ1v) is 12.2. The molecule has 0 aromatic heterocycles. The van der Waals surface area contributed by atoms with Crippen molar-refractivity contribution in [3.05, 3.63) is 45.9 Å². The summed E-state index contributed by atoms with van der Waals surface area (Å²) in [5.41, 5.74) is 3.40. The zero-order valence-corrected chi connectivity index (χ0v) is 22.4. The largest absolute Gasteiger partial charge is 0.490 e. The normalized spacial score (nSPS) is 12.8. The minimum atomic E-state index is -0.838. The van der Waals surface area contributed by atoms with E-state index in [1.807, 2.05) is 20.8 Å². The number of halogens is 1. The van der Waals surface area contributed by atoms with Gasteiger partial charge in [-0.05, 0) is 64.7 Å². The van der Waals surface area contributed by atoms with E-state index in [9.17, 15) is 14.4 Å². The molecular formula is C25H28BrN3O8. The van der Waals surface area contributed by atoms with Gasteiger partial charge in [0.1, 0.15) is 6.04 Å². The molecule has 0 aliphatic carbocycles. The minimum absolute atomic E-state index is 0.0985. The predicted molar refractivity (Wildman–Crippen MR) is 137 cm³/mol. The van der Waals surface area contributed by atoms with E-state index < -0.39 is 23.8 Å². The molecule has 11 nitrogen and oxygen atoms in total. The predicted octanol–water partition coefficient (Wildman–Crippen LogP) is 3.03. The standard InChI is InChI=1S/C25H28BrN3O8/c1-5-34-20-9-15(8-17(26)23(20)35-12-21(30)33-4)11-27-29-25(32)22(14(2)3)28-24(31)16-6-7-18-19(10-16)37-13-36-18/h6-11,14,22H,5,12-13H2,1-4H3,(H,28,31)(H,29,32)/b27-11+. The van der Waals surface area contributed by atoms with Crippen molar-refractivity contribution in [3.8, 4) is 23.0 Å². The number of hydrogen-bond acceptors (Lipinski definition) is 9. The highest BCUT2D eigenvalue weighted by Gasteiger charge is 2.25. The molecule has 0 radical (unpaired) electrons. The molecule has 2 N–H and O–H groups in total. The number of nitrogens with zero attached hydrogens (tertiary/aromatic N) is 1. The van der Waals surface area contributed by atoms with Crippen molar-refractivity contribution in [1.82, 2.24) is 10.7 Å². The Morgan fingerprint density at radius 1 is 1.14 bits per heavy atom. The summed E-state index contributed by atoms with van der Waals surface area (Å²) < 4.78 is 26.8. The second-order valence-corrected chi connectivity index (χ2v) is 8.98. The lowest BCUT2D eigenvalue weighted by Crippen LogP contribution is -2.48. The van der Waals surface area contributed by atoms with Crippen LogP contribution in [0.2, 0.25) is 0 Å². The number of benzene rings is 2. The van der Waals surface area contributed by atoms with Gasteiger partial charge in [-0.1, -0.05) is 13.8 Å². The fraction of sp³-hybridized carbons (Fsp3) is 0.360. The molecule has 1 aliphatic heterocycles. The molecule has 12 heteroatoms. The quantitative estimate of drug-likeness (QED) is 0.236. The number of rotatable bonds is 11. The number of ether oxygens (including phenoxy) is 5. The van der Waals surface area contributed by atoms with E-state index in [1.54, 1.807) is 30.3 Å². The highest BCUT2D eigenvalue weighted by molar-refractivity contribution is 9.10. The van der Waals surface area contributed by atoms with E-state index in [4.69, 9.17) is 18.9 Å². The SMILES string of the molecule is CCOc1cc(/C=N/NC(=O)C(NC(=O)c2ccc3c(c2)OCO3)C(C)C)cc(Br)c1OCC(=O)OC. The Hall–Kier alpha value is -3.80. The number of esters is 1. The van der Waals surface area contributed by atoms with Crippen LogP contribution in [0.4, 0.5) is 0 Å². The highest BCUT2D eigenvalue weighted by atomic mass is 79.9. The zero-order valence-electron chi connectivity index (χ0n) is 20.8. The van der Waals surface area contributed by atoms with E-state index in [1.165, 1.54) is 13.3 Å². The first-order chi connectivity index (χ1) is 17.7. The van der Waals surface area contributed by atoms with Crippen LogP contribution >= 0.6 is 15.9 Å². The van der Waals surface area contributed by atoms with Crippen molar-refractivity contribution >= 4 is 39.9 Å². The Bertz CT molecular complexity index is 1180. The van der Waals surface area contributed by atoms with Gasteiger partial charge in [0.05, 0.1) is 24.4 Å². The van der Waals surface area contributed by atoms with Gasteiger partial charge in [0.2, 0.25) is 6.79 Å². The molecular weight excluding hydrogens is 550 g/mol. The molecule has 0 saturated carbocycles. The molecule has 1 atom stereocenters. The average Bonchev–Trinajstić information content (AvgIpc) is 3.34. The van der Waals surface area contributed by atoms with Crippen molar-refractivity contribution in [2.75, 3.05) is 27.1 Å². The first-order valence-electron chi connectivity index (χ1n) is 11.4. The van der Waals surface area contributed by atoms with Crippen molar-refractivity contribution < 1.29 is 38.1 Å². The zero-order chi connectivity index (χ0) is 26.9. The summed E-state index contributed by atoms with van der Waals surface area (Å²) in [5.74, 6) is 0.0926. The van der Waals surface area contributed by atoms with Crippen LogP contribution in [0.15, 0.2) is 39.9 Å². The van der Waals surface area contributed by atoms with Gasteiger partial charge in [-0.2, -0.15) is 5.10 Å². The first kappa shape index (κ1) is 27.8. The number of methoxy groups -OCH3 is 1. The second-order valence-electron chi connectivity index (χ2n) is 8.13. The van der Waals surface area contributed by atoms with Gasteiger partial charge in [0.15, 0.2) is 29.6 Å². The van der Waals surface area contributed by atoms with E-state index in [0.717, 1.165) is 0 Å². The Labute approximate surface area is 222 Å². The van der Waals surface area contributed by atoms with Crippen LogP contribution in [0.25, 0.3) is 0 Å². The van der Waals surface area contributed by atoms with E-state index >= 15 is 0 Å². The van der Waals surface area contributed by atoms with Gasteiger partial charge in [0, 0.05) is 5.56 Å². The Kier molecular flexibility index (Phi) is 9.72. The number of amides is 2. The van der Waals surface area contributed by atoms with Crippen LogP contribution in [0.5, 0.6) is 23.0 Å². The Morgan fingerprint density at radius 2 is 1.89 bits per heavy atom. The molecule has 0 saturated heterocycles. The lowest BCUT2D eigenvalue weighted by molar-refractivity contribution is -0.143. The van der Waals surface area contributed by atoms with Crippen molar-refractivity contribution in [3.63, 3.8) is 0 Å². The summed E-state index contributed by atoms with van der Waals surface area (Å²) in [6.45, 7) is 5.60. The smallest absolute Gasteiger partial charge is 0.343 e. The van der Waals surface area contributed by atoms with Crippen molar-refractivity contribution in [2.24, 2.45) is 11.0 Å². The maximum Gasteiger partial charge on any atom is 0.343 e. The van der Waals surface area contributed by atoms with Gasteiger partial charge < -0.3 is 29.0 Å². The summed E-state index contributed by atoms with van der Waals surface area (Å²) >= 11 is 3.40. The van der Waals surface area contributed by atoms with Gasteiger partial charge in [-0.15, -0.1) is 0 Å². The molecule has 3 rings (SSSR count). The molecule has 37 heavy (non-hydrogen) atoms. The number of carbonyl (C=O) groups is 3. The fourth-order valence-electron chi connectivity index (χ4n) is 3.29. The molecule has 1 aliphatic rings. The van der Waals surface area contributed by atoms with Crippen molar-refractivity contribution in [1.29, 1.82) is 0 Å². The van der Waals surface area contributed by atoms with E-state index in [2.05, 4.69) is 36.5 Å². The molecule has 1 heterocycles. The topological polar surface area (TPSA) is 134 Å². The van der Waals surface area contributed by atoms with Crippen LogP contribution in [-0.4, -0.2) is 57.2 Å². The lowest BCUT2D eigenvalue weighted by Gasteiger charge is -2.20. The highest BCUT2D eigenvalue weighted by Crippen LogP contribution is 2.36. The molecule has 198 valence electrons. The Morgan fingerprint density at radius 3 is 2.59 bits per heavy atom. The number of nitrogens with one attached hydrogen (secondary N) is 2. The fourth-order valence-corrected chi connectivity index (χ4v) is 3.87. The molecule has 0 fully saturated rings. The van der Waals surface area contributed by atoms with Crippen LogP contribution in [0.3, 0.4) is 0 Å². The third-order valence-corrected chi connectivity index (χ3v) is 5.74. The molecule has 0 spiro atoms. The summed E-state index contributed by atoms with van der Waals surface area (Å²) in [6, 6.07) is 7.31. The van der Waals surface area contributed by atoms with Crippen LogP contribution in [-0.2, 0) is 14.3 Å². The van der Waals surface area contributed by atoms with Gasteiger partial charge in [-0.25, -0.2) is 10.2 Å². The average molecular weight is 578 g/mol. The molecule has 1 unspecified atom stereocenters. The maximum atomic E-state index is 12.8. The van der Waals surface area contributed by atoms with Crippen LogP contribution in [0.1, 0.15) is 36.7 Å². The van der Waals surface area contributed by atoms with Gasteiger partial charge >= 0.3 is 5.97 Å². The Balaban J connectivity index is 1.67. The van der Waals surface area contributed by atoms with Crippen LogP contribution in [0, 0.1) is 5.92 Å². The maximum absolute atomic E-state index is 12.8. The van der Waals surface area contributed by atoms with Crippen LogP contribution < -0.4 is 29.7 Å². The van der Waals surface area contributed by atoms with E-state index in [-0.39, 0.29) is 19.3 Å². The lowest BCUT2D eigenvalue weighted by atomic mass is 10.0. The number of carbonyl (C=O) groups excluding carboxylic acids is 3. The summed E-state index contributed by atoms with van der Waals surface area (Å²) in [6.07, 6.45) is 1.42. The number of hydrogen-bond donors (Lipinski definition) is 2. The minimum Gasteiger partial charge on any atom is -0.490 e. The molecule has 2 aromatic carbocycles. The monoisotopic (exact) mass is 577 g/mol. The molecule has 0 bridgehead atoms. The van der Waals surface area contributed by atoms with Crippen molar-refractivity contribution in [2.45, 2.75) is 26.8 Å². The molecule has 2 aromatic rings. The van der Waals surface area contributed by atoms with Gasteiger partial charge in [-0.3, -0.25) is 9.59 Å². The second kappa shape index (κ2) is 12.9. The summed E-state index contributed by atoms with van der Waals surface area (Å²) in [4.78, 5) is 37.0. The third kappa shape index (κ3) is 7.35. The number of fused-ring (bicyclic) bond motifs is 1. The summed E-state index contributed by atoms with van der Waals surface area (Å²) in [5, 5.41) is 6.77. The third-order valence-electron chi connectivity index (χ3n) is 5.15. The number of hydrazone groups is 1. The van der Waals surface area contributed by atoms with E-state index in [0.29, 0.717) is 45.2 Å². The summed E-state index contributed by atoms with van der Waals surface area (Å²) in [7, 11) is 1.27. The van der Waals surface area contributed by atoms with Gasteiger partial charge in [0.25, 0.3) is 11.8 Å². The molecule has 2 amide bonds.